The molecule has 0 aliphatic heterocycles. The van der Waals surface area contributed by atoms with Gasteiger partial charge in [-0.3, -0.25) is 15.1 Å². The predicted octanol–water partition coefficient (Wildman–Crippen LogP) is 5.35. The molecule has 1 spiro atoms. The van der Waals surface area contributed by atoms with E-state index in [1.807, 2.05) is 6.26 Å². The van der Waals surface area contributed by atoms with Crippen molar-refractivity contribution in [3.63, 3.8) is 0 Å². The lowest BCUT2D eigenvalue weighted by Gasteiger charge is -2.23. The lowest BCUT2D eigenvalue weighted by atomic mass is 9.80. The lowest BCUT2D eigenvalue weighted by Crippen LogP contribution is -2.38. The third-order valence-corrected chi connectivity index (χ3v) is 6.41. The number of nitro groups is 1. The van der Waals surface area contributed by atoms with Gasteiger partial charge in [-0.25, -0.2) is 4.99 Å². The van der Waals surface area contributed by atoms with E-state index >= 15 is 0 Å². The second-order valence-corrected chi connectivity index (χ2v) is 9.21. The van der Waals surface area contributed by atoms with Crippen LogP contribution in [0.25, 0.3) is 4.25 Å². The van der Waals surface area contributed by atoms with Crippen LogP contribution < -0.4 is 15.4 Å². The number of aliphatic imine (C=N–C) groups is 2. The Labute approximate surface area is 211 Å². The molecule has 1 atom stereocenters. The summed E-state index contributed by atoms with van der Waals surface area (Å²) in [6, 6.07) is 9.00. The molecule has 2 aliphatic carbocycles. The van der Waals surface area contributed by atoms with Crippen molar-refractivity contribution in [2.75, 3.05) is 6.26 Å². The summed E-state index contributed by atoms with van der Waals surface area (Å²) < 4.78 is 46.3. The number of ether oxygens (including phenoxy) is 1. The molecule has 0 amide bonds. The Bertz CT molecular complexity index is 1090. The number of nitrogens with one attached hydrogen (secondary N) is 2. The topological polar surface area (TPSA) is 106 Å². The minimum Gasteiger partial charge on any atom is -0.405 e. The van der Waals surface area contributed by atoms with Gasteiger partial charge >= 0.3 is 18.3 Å². The summed E-state index contributed by atoms with van der Waals surface area (Å²) in [5, 5.41) is 16.3. The highest BCUT2D eigenvalue weighted by Crippen LogP contribution is 2.59. The maximum atomic E-state index is 12.7. The Morgan fingerprint density at radius 3 is 2.78 bits per heavy atom. The number of guanidine groups is 1. The maximum absolute atomic E-state index is 12.7. The Kier molecular flexibility index (Phi) is 9.19. The SMILES string of the molecule is CS[N+]#CC1CCC2(CC1)C[C@H]2N=C(C)NC(=NCc1ccccc1OC(F)(F)F)N/C=C/[N+](=O)[O-]. The number of nitrogens with zero attached hydrogens (tertiary/aromatic N) is 4. The van der Waals surface area contributed by atoms with Crippen molar-refractivity contribution in [3.8, 4) is 11.8 Å². The first-order valence-electron chi connectivity index (χ1n) is 11.4. The fourth-order valence-electron chi connectivity index (χ4n) is 4.25. The number of halogens is 3. The number of para-hydroxylation sites is 1. The standard InChI is InChI=1S/C23H28F3N6O3S/c1-16(30-20-13-22(20)9-7-17(8-10-22)14-29-36-2)31-21(27-11-12-32(33)34)28-15-18-5-3-4-6-19(18)35-23(24,25)26/h3-6,11-12,17,20H,7-10,13,15H2,1-2H3,(H2,27,28,30,31)/q+1/b12-11+/t17?,20-,22?/m1/s1. The van der Waals surface area contributed by atoms with Crippen LogP contribution in [-0.2, 0) is 6.54 Å². The third-order valence-electron chi connectivity index (χ3n) is 6.13. The first-order valence-corrected chi connectivity index (χ1v) is 12.5. The van der Waals surface area contributed by atoms with Crippen molar-refractivity contribution >= 4 is 23.7 Å². The van der Waals surface area contributed by atoms with Crippen LogP contribution in [0.5, 0.6) is 5.75 Å². The molecule has 9 nitrogen and oxygen atoms in total. The van der Waals surface area contributed by atoms with Crippen molar-refractivity contribution in [1.82, 2.24) is 10.6 Å². The van der Waals surface area contributed by atoms with Crippen molar-refractivity contribution < 1.29 is 22.8 Å². The van der Waals surface area contributed by atoms with Gasteiger partial charge in [0.25, 0.3) is 6.07 Å². The second kappa shape index (κ2) is 12.1. The molecule has 0 bridgehead atoms. The highest BCUT2D eigenvalue weighted by molar-refractivity contribution is 8.00. The van der Waals surface area contributed by atoms with Crippen LogP contribution >= 0.6 is 11.9 Å². The number of benzene rings is 1. The summed E-state index contributed by atoms with van der Waals surface area (Å²) in [5.41, 5.74) is 0.383. The fraction of sp³-hybridized carbons (Fsp3) is 0.522. The molecular formula is C23H28F3N6O3S+. The monoisotopic (exact) mass is 525 g/mol. The molecule has 1 aromatic carbocycles. The molecule has 3 rings (SSSR count). The molecule has 0 aromatic heterocycles. The summed E-state index contributed by atoms with van der Waals surface area (Å²) in [7, 11) is 0. The minimum absolute atomic E-state index is 0.109. The highest BCUT2D eigenvalue weighted by atomic mass is 32.2. The molecule has 2 N–H and O–H groups in total. The van der Waals surface area contributed by atoms with Crippen LogP contribution in [-0.4, -0.2) is 35.4 Å². The van der Waals surface area contributed by atoms with Crippen LogP contribution in [0.15, 0.2) is 46.7 Å². The van der Waals surface area contributed by atoms with Gasteiger partial charge in [-0.05, 0) is 50.5 Å². The van der Waals surface area contributed by atoms with Crippen molar-refractivity contribution in [2.45, 2.75) is 58.0 Å². The van der Waals surface area contributed by atoms with Crippen molar-refractivity contribution in [1.29, 1.82) is 0 Å². The summed E-state index contributed by atoms with van der Waals surface area (Å²) in [4.78, 5) is 19.0. The van der Waals surface area contributed by atoms with Gasteiger partial charge in [0.2, 0.25) is 12.2 Å². The molecule has 36 heavy (non-hydrogen) atoms. The molecule has 2 fully saturated rings. The van der Waals surface area contributed by atoms with E-state index < -0.39 is 11.3 Å². The Morgan fingerprint density at radius 2 is 2.11 bits per heavy atom. The van der Waals surface area contributed by atoms with Crippen LogP contribution in [0.1, 0.15) is 44.6 Å². The quantitative estimate of drug-likeness (QED) is 0.171. The molecule has 1 aromatic rings. The van der Waals surface area contributed by atoms with E-state index in [2.05, 4.69) is 30.7 Å². The van der Waals surface area contributed by atoms with Gasteiger partial charge in [-0.2, -0.15) is 0 Å². The predicted molar refractivity (Wildman–Crippen MR) is 133 cm³/mol. The number of hydrogen-bond donors (Lipinski definition) is 2. The molecule has 13 heteroatoms. The van der Waals surface area contributed by atoms with Gasteiger partial charge in [0, 0.05) is 9.81 Å². The van der Waals surface area contributed by atoms with Crippen LogP contribution in [0.4, 0.5) is 13.2 Å². The third kappa shape index (κ3) is 8.44. The van der Waals surface area contributed by atoms with Gasteiger partial charge in [-0.15, -0.1) is 13.2 Å². The summed E-state index contributed by atoms with van der Waals surface area (Å²) >= 11 is 1.41. The average Bonchev–Trinajstić information content (AvgIpc) is 3.46. The van der Waals surface area contributed by atoms with Gasteiger partial charge in [-0.1, -0.05) is 18.2 Å². The average molecular weight is 526 g/mol. The van der Waals surface area contributed by atoms with E-state index in [1.54, 1.807) is 13.0 Å². The van der Waals surface area contributed by atoms with Crippen LogP contribution in [0.3, 0.4) is 0 Å². The summed E-state index contributed by atoms with van der Waals surface area (Å²) in [5.74, 6) is 0.676. The summed E-state index contributed by atoms with van der Waals surface area (Å²) in [6.07, 6.45) is 3.99. The maximum Gasteiger partial charge on any atom is 0.573 e. The molecule has 2 aliphatic rings. The van der Waals surface area contributed by atoms with Crippen LogP contribution in [0, 0.1) is 27.5 Å². The zero-order chi connectivity index (χ0) is 26.2. The lowest BCUT2D eigenvalue weighted by molar-refractivity contribution is -0.402. The van der Waals surface area contributed by atoms with E-state index in [-0.39, 0.29) is 35.3 Å². The van der Waals surface area contributed by atoms with E-state index in [0.717, 1.165) is 38.3 Å². The Morgan fingerprint density at radius 1 is 1.39 bits per heavy atom. The molecule has 0 radical (unpaired) electrons. The van der Waals surface area contributed by atoms with Crippen molar-refractivity contribution in [3.05, 3.63) is 56.6 Å². The molecular weight excluding hydrogens is 497 g/mol. The van der Waals surface area contributed by atoms with Gasteiger partial charge in [0.15, 0.2) is 0 Å². The van der Waals surface area contributed by atoms with E-state index in [9.17, 15) is 23.3 Å². The second-order valence-electron chi connectivity index (χ2n) is 8.66. The molecule has 0 saturated heterocycles. The van der Waals surface area contributed by atoms with Crippen LogP contribution in [0.2, 0.25) is 0 Å². The molecule has 2 saturated carbocycles. The molecule has 0 heterocycles. The van der Waals surface area contributed by atoms with Crippen molar-refractivity contribution in [2.24, 2.45) is 21.3 Å². The van der Waals surface area contributed by atoms with Gasteiger partial charge in [0.1, 0.15) is 11.6 Å². The van der Waals surface area contributed by atoms with E-state index in [1.165, 1.54) is 30.1 Å². The number of rotatable bonds is 6. The first-order chi connectivity index (χ1) is 17.1. The minimum atomic E-state index is -4.84. The molecule has 0 unspecified atom stereocenters. The number of alkyl halides is 3. The Balaban J connectivity index is 1.67. The first kappa shape index (κ1) is 27.3. The summed E-state index contributed by atoms with van der Waals surface area (Å²) in [6.45, 7) is 1.59. The molecule has 194 valence electrons. The number of amidine groups is 1. The van der Waals surface area contributed by atoms with Gasteiger partial charge < -0.3 is 15.4 Å². The zero-order valence-corrected chi connectivity index (χ0v) is 20.7. The van der Waals surface area contributed by atoms with Gasteiger partial charge in [0.05, 0.1) is 35.9 Å². The normalized spacial score (nSPS) is 24.2. The fourth-order valence-corrected chi connectivity index (χ4v) is 4.51. The van der Waals surface area contributed by atoms with E-state index in [0.29, 0.717) is 18.0 Å². The largest absolute Gasteiger partial charge is 0.573 e. The zero-order valence-electron chi connectivity index (χ0n) is 19.9. The Hall–Kier alpha value is -3.27. The van der Waals surface area contributed by atoms with E-state index in [4.69, 9.17) is 4.99 Å². The highest BCUT2D eigenvalue weighted by Gasteiger charge is 2.55. The smallest absolute Gasteiger partial charge is 0.405 e. The number of hydrogen-bond acceptors (Lipinski definition) is 6.